The second-order valence-corrected chi connectivity index (χ2v) is 8.54. The molecule has 160 valence electrons. The predicted molar refractivity (Wildman–Crippen MR) is 121 cm³/mol. The summed E-state index contributed by atoms with van der Waals surface area (Å²) in [5, 5.41) is 12.4. The number of aryl methyl sites for hydroxylation is 2. The third-order valence-corrected chi connectivity index (χ3v) is 6.37. The Morgan fingerprint density at radius 1 is 1.19 bits per heavy atom. The lowest BCUT2D eigenvalue weighted by molar-refractivity contribution is -0.117. The molecule has 1 aliphatic rings. The van der Waals surface area contributed by atoms with E-state index in [1.807, 2.05) is 60.4 Å². The van der Waals surface area contributed by atoms with Crippen LogP contribution >= 0.6 is 11.3 Å². The van der Waals surface area contributed by atoms with Crippen LogP contribution in [0.3, 0.4) is 0 Å². The van der Waals surface area contributed by atoms with Crippen LogP contribution in [0.2, 0.25) is 0 Å². The fourth-order valence-electron chi connectivity index (χ4n) is 3.65. The highest BCUT2D eigenvalue weighted by molar-refractivity contribution is 7.15. The first-order chi connectivity index (χ1) is 15.0. The molecule has 1 fully saturated rings. The van der Waals surface area contributed by atoms with Crippen molar-refractivity contribution in [2.45, 2.75) is 32.1 Å². The van der Waals surface area contributed by atoms with E-state index >= 15 is 0 Å². The maximum absolute atomic E-state index is 12.6. The van der Waals surface area contributed by atoms with Gasteiger partial charge in [-0.3, -0.25) is 9.59 Å². The number of methoxy groups -OCH3 is 1. The van der Waals surface area contributed by atoms with Crippen molar-refractivity contribution >= 4 is 34.0 Å². The summed E-state index contributed by atoms with van der Waals surface area (Å²) in [6.07, 6.45) is 1.38. The first-order valence-electron chi connectivity index (χ1n) is 10.2. The number of para-hydroxylation sites is 1. The Bertz CT molecular complexity index is 1080. The van der Waals surface area contributed by atoms with Crippen LogP contribution in [-0.2, 0) is 16.0 Å². The van der Waals surface area contributed by atoms with Crippen molar-refractivity contribution in [2.75, 3.05) is 23.9 Å². The quantitative estimate of drug-likeness (QED) is 0.606. The van der Waals surface area contributed by atoms with Crippen LogP contribution in [0.25, 0.3) is 0 Å². The van der Waals surface area contributed by atoms with Crippen molar-refractivity contribution in [2.24, 2.45) is 0 Å². The standard InChI is InChI=1S/C23H24N4O3S/c1-15-5-3-4-6-19(15)27-14-17(13-21(27)29)22-25-26-23(31-22)24-20(28)12-9-16-7-10-18(30-2)11-8-16/h3-8,10-11,17H,9,12-14H2,1-2H3,(H,24,26,28)/t17-/m0/s1. The largest absolute Gasteiger partial charge is 0.497 e. The van der Waals surface area contributed by atoms with Gasteiger partial charge in [-0.15, -0.1) is 10.2 Å². The van der Waals surface area contributed by atoms with Gasteiger partial charge in [0.25, 0.3) is 0 Å². The van der Waals surface area contributed by atoms with Gasteiger partial charge in [0.05, 0.1) is 7.11 Å². The lowest BCUT2D eigenvalue weighted by atomic mass is 10.1. The smallest absolute Gasteiger partial charge is 0.227 e. The number of benzene rings is 2. The van der Waals surface area contributed by atoms with Gasteiger partial charge in [0, 0.05) is 31.0 Å². The number of nitrogens with zero attached hydrogens (tertiary/aromatic N) is 3. The van der Waals surface area contributed by atoms with Gasteiger partial charge in [0.2, 0.25) is 16.9 Å². The molecule has 1 saturated heterocycles. The van der Waals surface area contributed by atoms with E-state index in [9.17, 15) is 9.59 Å². The Kier molecular flexibility index (Phi) is 6.27. The molecule has 0 radical (unpaired) electrons. The van der Waals surface area contributed by atoms with E-state index in [1.165, 1.54) is 11.3 Å². The lowest BCUT2D eigenvalue weighted by Gasteiger charge is -2.18. The van der Waals surface area contributed by atoms with Crippen LogP contribution in [0.5, 0.6) is 5.75 Å². The van der Waals surface area contributed by atoms with Crippen LogP contribution in [0.4, 0.5) is 10.8 Å². The molecule has 2 aromatic carbocycles. The molecule has 0 bridgehead atoms. The van der Waals surface area contributed by atoms with Gasteiger partial charge in [-0.05, 0) is 42.7 Å². The number of carbonyl (C=O) groups excluding carboxylic acids is 2. The minimum Gasteiger partial charge on any atom is -0.497 e. The highest BCUT2D eigenvalue weighted by Gasteiger charge is 2.34. The number of rotatable bonds is 7. The van der Waals surface area contributed by atoms with Crippen molar-refractivity contribution in [3.05, 3.63) is 64.7 Å². The molecule has 0 aliphatic carbocycles. The molecule has 4 rings (SSSR count). The maximum Gasteiger partial charge on any atom is 0.227 e. The molecule has 0 spiro atoms. The van der Waals surface area contributed by atoms with E-state index in [-0.39, 0.29) is 17.7 Å². The number of aromatic nitrogens is 2. The van der Waals surface area contributed by atoms with E-state index in [1.54, 1.807) is 7.11 Å². The van der Waals surface area contributed by atoms with Crippen molar-refractivity contribution < 1.29 is 14.3 Å². The van der Waals surface area contributed by atoms with Crippen LogP contribution < -0.4 is 15.0 Å². The molecule has 8 heteroatoms. The molecule has 3 aromatic rings. The number of hydrogen-bond donors (Lipinski definition) is 1. The molecule has 0 saturated carbocycles. The molecule has 1 aromatic heterocycles. The van der Waals surface area contributed by atoms with Gasteiger partial charge in [-0.2, -0.15) is 0 Å². The number of carbonyl (C=O) groups is 2. The maximum atomic E-state index is 12.6. The summed E-state index contributed by atoms with van der Waals surface area (Å²) in [6.45, 7) is 2.57. The van der Waals surface area contributed by atoms with Crippen molar-refractivity contribution in [1.82, 2.24) is 10.2 Å². The monoisotopic (exact) mass is 436 g/mol. The third-order valence-electron chi connectivity index (χ3n) is 5.37. The zero-order chi connectivity index (χ0) is 21.8. The van der Waals surface area contributed by atoms with E-state index in [2.05, 4.69) is 15.5 Å². The minimum atomic E-state index is -0.109. The molecule has 2 heterocycles. The molecule has 1 N–H and O–H groups in total. The van der Waals surface area contributed by atoms with Gasteiger partial charge in [0.1, 0.15) is 10.8 Å². The van der Waals surface area contributed by atoms with Gasteiger partial charge < -0.3 is 15.0 Å². The number of nitrogens with one attached hydrogen (secondary N) is 1. The SMILES string of the molecule is COc1ccc(CCC(=O)Nc2nnc([C@H]3CC(=O)N(c4ccccc4C)C3)s2)cc1. The summed E-state index contributed by atoms with van der Waals surface area (Å²) in [6, 6.07) is 15.5. The van der Waals surface area contributed by atoms with Gasteiger partial charge in [0.15, 0.2) is 0 Å². The number of amides is 2. The van der Waals surface area contributed by atoms with Gasteiger partial charge in [-0.25, -0.2) is 0 Å². The highest BCUT2D eigenvalue weighted by atomic mass is 32.1. The van der Waals surface area contributed by atoms with E-state index in [4.69, 9.17) is 4.74 Å². The zero-order valence-electron chi connectivity index (χ0n) is 17.5. The topological polar surface area (TPSA) is 84.4 Å². The molecule has 2 amide bonds. The number of anilines is 2. The molecule has 7 nitrogen and oxygen atoms in total. The summed E-state index contributed by atoms with van der Waals surface area (Å²) < 4.78 is 5.15. The zero-order valence-corrected chi connectivity index (χ0v) is 18.3. The van der Waals surface area contributed by atoms with Crippen LogP contribution in [-0.4, -0.2) is 35.7 Å². The Morgan fingerprint density at radius 2 is 1.97 bits per heavy atom. The fraction of sp³-hybridized carbons (Fsp3) is 0.304. The van der Waals surface area contributed by atoms with Crippen molar-refractivity contribution in [3.8, 4) is 5.75 Å². The minimum absolute atomic E-state index is 0.0189. The first kappa shape index (κ1) is 21.0. The molecular formula is C23H24N4O3S. The van der Waals surface area contributed by atoms with Crippen LogP contribution in [0.15, 0.2) is 48.5 Å². The Balaban J connectivity index is 1.33. The van der Waals surface area contributed by atoms with E-state index in [0.29, 0.717) is 30.9 Å². The summed E-state index contributed by atoms with van der Waals surface area (Å²) in [5.74, 6) is 0.748. The Hall–Kier alpha value is -3.26. The van der Waals surface area contributed by atoms with Crippen LogP contribution in [0.1, 0.15) is 34.9 Å². The average Bonchev–Trinajstić information content (AvgIpc) is 3.39. The molecule has 1 atom stereocenters. The second-order valence-electron chi connectivity index (χ2n) is 7.53. The predicted octanol–water partition coefficient (Wildman–Crippen LogP) is 3.95. The second kappa shape index (κ2) is 9.26. The van der Waals surface area contributed by atoms with E-state index in [0.717, 1.165) is 27.6 Å². The van der Waals surface area contributed by atoms with Gasteiger partial charge >= 0.3 is 0 Å². The molecule has 1 aliphatic heterocycles. The number of hydrogen-bond acceptors (Lipinski definition) is 6. The average molecular weight is 437 g/mol. The van der Waals surface area contributed by atoms with Crippen molar-refractivity contribution in [3.63, 3.8) is 0 Å². The fourth-order valence-corrected chi connectivity index (χ4v) is 4.50. The lowest BCUT2D eigenvalue weighted by Crippen LogP contribution is -2.25. The Labute approximate surface area is 185 Å². The number of ether oxygens (including phenoxy) is 1. The summed E-state index contributed by atoms with van der Waals surface area (Å²) in [5.41, 5.74) is 3.07. The first-order valence-corrected chi connectivity index (χ1v) is 11.0. The highest BCUT2D eigenvalue weighted by Crippen LogP contribution is 2.35. The summed E-state index contributed by atoms with van der Waals surface area (Å²) in [4.78, 5) is 26.7. The molecule has 0 unspecified atom stereocenters. The van der Waals surface area contributed by atoms with Crippen molar-refractivity contribution in [1.29, 1.82) is 0 Å². The van der Waals surface area contributed by atoms with Gasteiger partial charge in [-0.1, -0.05) is 41.7 Å². The molecular weight excluding hydrogens is 412 g/mol. The third kappa shape index (κ3) is 4.91. The van der Waals surface area contributed by atoms with Crippen LogP contribution in [0, 0.1) is 6.92 Å². The summed E-state index contributed by atoms with van der Waals surface area (Å²) >= 11 is 1.34. The normalized spacial score (nSPS) is 15.9. The van der Waals surface area contributed by atoms with E-state index < -0.39 is 0 Å². The Morgan fingerprint density at radius 3 is 2.71 bits per heavy atom. The summed E-state index contributed by atoms with van der Waals surface area (Å²) in [7, 11) is 1.63. The molecule has 31 heavy (non-hydrogen) atoms.